The van der Waals surface area contributed by atoms with Gasteiger partial charge in [-0.15, -0.1) is 0 Å². The van der Waals surface area contributed by atoms with Gasteiger partial charge in [0.15, 0.2) is 16.6 Å². The first kappa shape index (κ1) is 22.7. The fraction of sp³-hybridized carbons (Fsp3) is 0.190. The number of nitrogens with one attached hydrogen (secondary N) is 3. The van der Waals surface area contributed by atoms with Gasteiger partial charge < -0.3 is 14.2 Å². The molecule has 158 valence electrons. The normalized spacial score (nSPS) is 10.2. The molecule has 2 aromatic carbocycles. The standard InChI is InChI=1S/C21H23N3O5S/c1-27-16-8-4-15(5-9-16)13-20(26)23-24-21(30)22-19(25)11-7-14-6-10-17(28-2)18(12-14)29-3/h4-12H,13H2,1-3H3,(H,23,26)(H2,22,24,25,30)/b11-7+. The van der Waals surface area contributed by atoms with Crippen molar-refractivity contribution in [1.82, 2.24) is 16.2 Å². The van der Waals surface area contributed by atoms with Gasteiger partial charge in [-0.3, -0.25) is 25.8 Å². The molecule has 0 aliphatic heterocycles. The molecule has 8 nitrogen and oxygen atoms in total. The quantitative estimate of drug-likeness (QED) is 0.352. The van der Waals surface area contributed by atoms with Gasteiger partial charge >= 0.3 is 0 Å². The molecule has 0 fully saturated rings. The first-order chi connectivity index (χ1) is 14.4. The maximum atomic E-state index is 12.0. The molecule has 30 heavy (non-hydrogen) atoms. The van der Waals surface area contributed by atoms with E-state index in [-0.39, 0.29) is 17.4 Å². The molecular weight excluding hydrogens is 406 g/mol. The second kappa shape index (κ2) is 11.4. The van der Waals surface area contributed by atoms with E-state index in [0.29, 0.717) is 17.2 Å². The Balaban J connectivity index is 1.79. The van der Waals surface area contributed by atoms with E-state index in [1.165, 1.54) is 13.2 Å². The van der Waals surface area contributed by atoms with Crippen LogP contribution in [0.5, 0.6) is 17.2 Å². The maximum Gasteiger partial charge on any atom is 0.250 e. The molecule has 2 aromatic rings. The van der Waals surface area contributed by atoms with E-state index in [2.05, 4.69) is 16.2 Å². The van der Waals surface area contributed by atoms with E-state index in [4.69, 9.17) is 26.4 Å². The number of benzene rings is 2. The summed E-state index contributed by atoms with van der Waals surface area (Å²) in [6.07, 6.45) is 3.06. The van der Waals surface area contributed by atoms with Crippen molar-refractivity contribution in [2.75, 3.05) is 21.3 Å². The highest BCUT2D eigenvalue weighted by Gasteiger charge is 2.06. The molecule has 0 aliphatic rings. The summed E-state index contributed by atoms with van der Waals surface area (Å²) in [5.41, 5.74) is 6.48. The fourth-order valence-corrected chi connectivity index (χ4v) is 2.56. The van der Waals surface area contributed by atoms with Crippen molar-refractivity contribution in [2.24, 2.45) is 0 Å². The van der Waals surface area contributed by atoms with Crippen LogP contribution < -0.4 is 30.4 Å². The lowest BCUT2D eigenvalue weighted by atomic mass is 10.1. The fourth-order valence-electron chi connectivity index (χ4n) is 2.41. The van der Waals surface area contributed by atoms with Crippen LogP contribution in [-0.4, -0.2) is 38.3 Å². The Bertz CT molecular complexity index is 929. The van der Waals surface area contributed by atoms with Gasteiger partial charge in [0.25, 0.3) is 0 Å². The molecule has 3 N–H and O–H groups in total. The number of hydrogen-bond donors (Lipinski definition) is 3. The van der Waals surface area contributed by atoms with Gasteiger partial charge in [0.1, 0.15) is 5.75 Å². The van der Waals surface area contributed by atoms with Crippen LogP contribution in [0.3, 0.4) is 0 Å². The minimum absolute atomic E-state index is 0.0277. The zero-order valence-corrected chi connectivity index (χ0v) is 17.7. The molecule has 0 spiro atoms. The highest BCUT2D eigenvalue weighted by molar-refractivity contribution is 7.80. The van der Waals surface area contributed by atoms with Crippen LogP contribution in [0.4, 0.5) is 0 Å². The van der Waals surface area contributed by atoms with Crippen molar-refractivity contribution in [3.8, 4) is 17.2 Å². The third-order valence-corrected chi connectivity index (χ3v) is 4.11. The largest absolute Gasteiger partial charge is 0.497 e. The number of methoxy groups -OCH3 is 3. The second-order valence-corrected chi connectivity index (χ2v) is 6.37. The topological polar surface area (TPSA) is 97.9 Å². The van der Waals surface area contributed by atoms with Crippen molar-refractivity contribution in [1.29, 1.82) is 0 Å². The van der Waals surface area contributed by atoms with Gasteiger partial charge in [0, 0.05) is 6.08 Å². The van der Waals surface area contributed by atoms with Gasteiger partial charge in [-0.05, 0) is 53.7 Å². The van der Waals surface area contributed by atoms with Crippen molar-refractivity contribution in [2.45, 2.75) is 6.42 Å². The average molecular weight is 429 g/mol. The number of hydrazine groups is 1. The molecule has 0 unspecified atom stereocenters. The minimum atomic E-state index is -0.452. The Hall–Kier alpha value is -3.59. The Labute approximate surface area is 180 Å². The number of rotatable bonds is 7. The molecule has 9 heteroatoms. The van der Waals surface area contributed by atoms with E-state index < -0.39 is 5.91 Å². The van der Waals surface area contributed by atoms with Gasteiger partial charge in [-0.2, -0.15) is 0 Å². The SMILES string of the molecule is COc1ccc(CC(=O)NNC(=S)NC(=O)/C=C/c2ccc(OC)c(OC)c2)cc1. The number of ether oxygens (including phenoxy) is 3. The van der Waals surface area contributed by atoms with Gasteiger partial charge in [0.2, 0.25) is 11.8 Å². The minimum Gasteiger partial charge on any atom is -0.497 e. The zero-order valence-electron chi connectivity index (χ0n) is 16.9. The summed E-state index contributed by atoms with van der Waals surface area (Å²) in [5, 5.41) is 2.42. The first-order valence-corrected chi connectivity index (χ1v) is 9.28. The Morgan fingerprint density at radius 2 is 1.63 bits per heavy atom. The number of thiocarbonyl (C=S) groups is 1. The van der Waals surface area contributed by atoms with Crippen LogP contribution in [0.2, 0.25) is 0 Å². The third-order valence-electron chi connectivity index (χ3n) is 3.91. The molecule has 0 saturated carbocycles. The first-order valence-electron chi connectivity index (χ1n) is 8.88. The van der Waals surface area contributed by atoms with Gasteiger partial charge in [-0.1, -0.05) is 18.2 Å². The highest BCUT2D eigenvalue weighted by Crippen LogP contribution is 2.27. The summed E-state index contributed by atoms with van der Waals surface area (Å²) in [6, 6.07) is 12.4. The summed E-state index contributed by atoms with van der Waals surface area (Å²) in [7, 11) is 4.65. The lowest BCUT2D eigenvalue weighted by Gasteiger charge is -2.10. The number of amides is 2. The van der Waals surface area contributed by atoms with E-state index in [9.17, 15) is 9.59 Å². The smallest absolute Gasteiger partial charge is 0.250 e. The van der Waals surface area contributed by atoms with Gasteiger partial charge in [-0.25, -0.2) is 0 Å². The summed E-state index contributed by atoms with van der Waals surface area (Å²) >= 11 is 5.00. The summed E-state index contributed by atoms with van der Waals surface area (Å²) in [4.78, 5) is 24.0. The molecule has 0 heterocycles. The Morgan fingerprint density at radius 3 is 2.27 bits per heavy atom. The summed E-state index contributed by atoms with van der Waals surface area (Å²) in [5.74, 6) is 1.10. The van der Waals surface area contributed by atoms with Crippen molar-refractivity contribution in [3.63, 3.8) is 0 Å². The second-order valence-electron chi connectivity index (χ2n) is 5.96. The molecule has 0 saturated heterocycles. The molecule has 2 rings (SSSR count). The number of carbonyl (C=O) groups is 2. The zero-order chi connectivity index (χ0) is 21.9. The van der Waals surface area contributed by atoms with E-state index >= 15 is 0 Å². The molecular formula is C21H23N3O5S. The van der Waals surface area contributed by atoms with Crippen LogP contribution in [0.15, 0.2) is 48.5 Å². The van der Waals surface area contributed by atoms with E-state index in [0.717, 1.165) is 11.1 Å². The molecule has 0 aromatic heterocycles. The number of hydrogen-bond acceptors (Lipinski definition) is 6. The molecule has 0 aliphatic carbocycles. The Kier molecular flexibility index (Phi) is 8.64. The predicted molar refractivity (Wildman–Crippen MR) is 117 cm³/mol. The molecule has 0 radical (unpaired) electrons. The molecule has 0 atom stereocenters. The lowest BCUT2D eigenvalue weighted by molar-refractivity contribution is -0.121. The van der Waals surface area contributed by atoms with Crippen molar-refractivity contribution < 1.29 is 23.8 Å². The monoisotopic (exact) mass is 429 g/mol. The average Bonchev–Trinajstić information content (AvgIpc) is 2.76. The van der Waals surface area contributed by atoms with Crippen LogP contribution in [0.25, 0.3) is 6.08 Å². The van der Waals surface area contributed by atoms with Crippen LogP contribution >= 0.6 is 12.2 Å². The van der Waals surface area contributed by atoms with Gasteiger partial charge in [0.05, 0.1) is 27.8 Å². The van der Waals surface area contributed by atoms with Crippen LogP contribution in [-0.2, 0) is 16.0 Å². The highest BCUT2D eigenvalue weighted by atomic mass is 32.1. The van der Waals surface area contributed by atoms with Crippen LogP contribution in [0.1, 0.15) is 11.1 Å². The van der Waals surface area contributed by atoms with E-state index in [1.54, 1.807) is 62.8 Å². The van der Waals surface area contributed by atoms with E-state index in [1.807, 2.05) is 0 Å². The summed E-state index contributed by atoms with van der Waals surface area (Å²) in [6.45, 7) is 0. The molecule has 0 bridgehead atoms. The van der Waals surface area contributed by atoms with Crippen molar-refractivity contribution >= 4 is 35.2 Å². The van der Waals surface area contributed by atoms with Crippen molar-refractivity contribution in [3.05, 3.63) is 59.7 Å². The predicted octanol–water partition coefficient (Wildman–Crippen LogP) is 1.99. The number of carbonyl (C=O) groups excluding carboxylic acids is 2. The Morgan fingerprint density at radius 1 is 0.933 bits per heavy atom. The van der Waals surface area contributed by atoms with Crippen LogP contribution in [0, 0.1) is 0 Å². The third kappa shape index (κ3) is 7.10. The maximum absolute atomic E-state index is 12.0. The lowest BCUT2D eigenvalue weighted by Crippen LogP contribution is -2.48. The summed E-state index contributed by atoms with van der Waals surface area (Å²) < 4.78 is 15.5. The molecule has 2 amide bonds.